The predicted octanol–water partition coefficient (Wildman–Crippen LogP) is 7.17. The van der Waals surface area contributed by atoms with Crippen molar-refractivity contribution in [3.63, 3.8) is 0 Å². The molecule has 0 spiro atoms. The lowest BCUT2D eigenvalue weighted by molar-refractivity contribution is 0.742. The first-order valence-corrected chi connectivity index (χ1v) is 10.0. The van der Waals surface area contributed by atoms with Crippen LogP contribution in [-0.4, -0.2) is 0 Å². The van der Waals surface area contributed by atoms with Gasteiger partial charge in [0.05, 0.1) is 0 Å². The summed E-state index contributed by atoms with van der Waals surface area (Å²) in [6.07, 6.45) is 16.5. The van der Waals surface area contributed by atoms with E-state index in [1.54, 1.807) is 11.1 Å². The minimum Gasteiger partial charge on any atom is -0.0807 e. The van der Waals surface area contributed by atoms with Crippen LogP contribution >= 0.6 is 0 Å². The Kier molecular flexibility index (Phi) is 3.85. The summed E-state index contributed by atoms with van der Waals surface area (Å²) in [5.41, 5.74) is 12.0. The van der Waals surface area contributed by atoms with Crippen molar-refractivity contribution >= 4 is 11.1 Å². The smallest absolute Gasteiger partial charge is 0.00130 e. The number of benzene rings is 2. The first-order chi connectivity index (χ1) is 12.4. The van der Waals surface area contributed by atoms with Crippen molar-refractivity contribution < 1.29 is 0 Å². The van der Waals surface area contributed by atoms with Crippen molar-refractivity contribution in [1.82, 2.24) is 0 Å². The van der Waals surface area contributed by atoms with Gasteiger partial charge in [0.25, 0.3) is 0 Å². The number of hydrogen-bond acceptors (Lipinski definition) is 0. The Labute approximate surface area is 151 Å². The molecule has 0 heterocycles. The van der Waals surface area contributed by atoms with Crippen molar-refractivity contribution in [2.75, 3.05) is 0 Å². The zero-order valence-electron chi connectivity index (χ0n) is 15.0. The molecule has 0 fully saturated rings. The van der Waals surface area contributed by atoms with Crippen LogP contribution in [0.4, 0.5) is 0 Å². The zero-order chi connectivity index (χ0) is 16.6. The average molecular weight is 326 g/mol. The quantitative estimate of drug-likeness (QED) is 0.468. The molecule has 0 radical (unpaired) electrons. The third-order valence-electron chi connectivity index (χ3n) is 6.21. The third kappa shape index (κ3) is 2.78. The molecule has 0 N–H and O–H groups in total. The summed E-state index contributed by atoms with van der Waals surface area (Å²) in [5, 5.41) is 0. The highest BCUT2D eigenvalue weighted by atomic mass is 14.2. The van der Waals surface area contributed by atoms with Crippen LogP contribution in [0.1, 0.15) is 73.6 Å². The van der Waals surface area contributed by atoms with E-state index in [2.05, 4.69) is 48.6 Å². The van der Waals surface area contributed by atoms with Gasteiger partial charge in [0.1, 0.15) is 0 Å². The van der Waals surface area contributed by atoms with E-state index < -0.39 is 0 Å². The van der Waals surface area contributed by atoms with Crippen molar-refractivity contribution in [3.8, 4) is 11.1 Å². The normalized spacial score (nSPS) is 19.0. The van der Waals surface area contributed by atoms with Gasteiger partial charge in [-0.1, -0.05) is 48.6 Å². The fourth-order valence-electron chi connectivity index (χ4n) is 4.81. The molecule has 0 bridgehead atoms. The molecule has 0 aromatic heterocycles. The Hall–Kier alpha value is -2.08. The van der Waals surface area contributed by atoms with Crippen molar-refractivity contribution in [1.29, 1.82) is 0 Å². The van der Waals surface area contributed by atoms with Gasteiger partial charge >= 0.3 is 0 Å². The summed E-state index contributed by atoms with van der Waals surface area (Å²) in [7, 11) is 0. The van der Waals surface area contributed by atoms with E-state index in [9.17, 15) is 0 Å². The Morgan fingerprint density at radius 3 is 1.52 bits per heavy atom. The lowest BCUT2D eigenvalue weighted by Gasteiger charge is -2.14. The first-order valence-electron chi connectivity index (χ1n) is 10.0. The Morgan fingerprint density at radius 2 is 1.08 bits per heavy atom. The number of hydrogen-bond donors (Lipinski definition) is 0. The monoisotopic (exact) mass is 326 g/mol. The van der Waals surface area contributed by atoms with Gasteiger partial charge in [0, 0.05) is 0 Å². The van der Waals surface area contributed by atoms with Gasteiger partial charge in [-0.25, -0.2) is 0 Å². The lowest BCUT2D eigenvalue weighted by atomic mass is 9.91. The molecule has 0 unspecified atom stereocenters. The third-order valence-corrected chi connectivity index (χ3v) is 6.21. The molecule has 0 nitrogen and oxygen atoms in total. The molecule has 0 heteroatoms. The molecule has 2 aromatic rings. The SMILES string of the molecule is C1=C(c2ccc3c(c2)Cc2cc(C4=CCCCC4)ccc2-3)CCCC1. The minimum atomic E-state index is 1.10. The molecule has 126 valence electrons. The summed E-state index contributed by atoms with van der Waals surface area (Å²) in [5.74, 6) is 0. The Bertz CT molecular complexity index is 805. The Balaban J connectivity index is 1.48. The topological polar surface area (TPSA) is 0 Å². The van der Waals surface area contributed by atoms with Crippen LogP contribution in [0.15, 0.2) is 48.6 Å². The van der Waals surface area contributed by atoms with Crippen LogP contribution in [0.5, 0.6) is 0 Å². The van der Waals surface area contributed by atoms with E-state index in [1.807, 2.05) is 0 Å². The largest absolute Gasteiger partial charge is 0.0807 e. The summed E-state index contributed by atoms with van der Waals surface area (Å²) in [6.45, 7) is 0. The maximum atomic E-state index is 2.46. The average Bonchev–Trinajstić information content (AvgIpc) is 3.06. The molecule has 2 aromatic carbocycles. The van der Waals surface area contributed by atoms with Crippen LogP contribution in [-0.2, 0) is 6.42 Å². The van der Waals surface area contributed by atoms with Crippen LogP contribution in [0, 0.1) is 0 Å². The molecule has 0 atom stereocenters. The second kappa shape index (κ2) is 6.33. The van der Waals surface area contributed by atoms with Gasteiger partial charge in [-0.3, -0.25) is 0 Å². The molecule has 0 saturated heterocycles. The molecule has 0 amide bonds. The predicted molar refractivity (Wildman–Crippen MR) is 108 cm³/mol. The molecule has 25 heavy (non-hydrogen) atoms. The number of fused-ring (bicyclic) bond motifs is 3. The molecule has 0 saturated carbocycles. The van der Waals surface area contributed by atoms with E-state index in [0.29, 0.717) is 0 Å². The highest BCUT2D eigenvalue weighted by Crippen LogP contribution is 2.40. The fraction of sp³-hybridized carbons (Fsp3) is 0.360. The maximum absolute atomic E-state index is 2.46. The highest BCUT2D eigenvalue weighted by Gasteiger charge is 2.20. The number of allylic oxidation sites excluding steroid dienone is 4. The number of rotatable bonds is 2. The van der Waals surface area contributed by atoms with E-state index in [4.69, 9.17) is 0 Å². The van der Waals surface area contributed by atoms with Crippen LogP contribution in [0.25, 0.3) is 22.3 Å². The summed E-state index contributed by atoms with van der Waals surface area (Å²) >= 11 is 0. The van der Waals surface area contributed by atoms with Crippen LogP contribution in [0.2, 0.25) is 0 Å². The molecule has 0 aliphatic heterocycles. The van der Waals surface area contributed by atoms with Gasteiger partial charge in [0.15, 0.2) is 0 Å². The highest BCUT2D eigenvalue weighted by molar-refractivity contribution is 5.82. The molecule has 5 rings (SSSR count). The second-order valence-corrected chi connectivity index (χ2v) is 7.87. The fourth-order valence-corrected chi connectivity index (χ4v) is 4.81. The van der Waals surface area contributed by atoms with E-state index in [-0.39, 0.29) is 0 Å². The van der Waals surface area contributed by atoms with E-state index in [0.717, 1.165) is 6.42 Å². The van der Waals surface area contributed by atoms with Crippen LogP contribution in [0.3, 0.4) is 0 Å². The lowest BCUT2D eigenvalue weighted by Crippen LogP contribution is -1.93. The molecule has 3 aliphatic carbocycles. The zero-order valence-corrected chi connectivity index (χ0v) is 15.0. The molecule has 3 aliphatic rings. The van der Waals surface area contributed by atoms with Crippen molar-refractivity contribution in [2.45, 2.75) is 57.8 Å². The molecular weight excluding hydrogens is 300 g/mol. The molecular formula is C25H26. The summed E-state index contributed by atoms with van der Waals surface area (Å²) < 4.78 is 0. The van der Waals surface area contributed by atoms with Crippen LogP contribution < -0.4 is 0 Å². The second-order valence-electron chi connectivity index (χ2n) is 7.87. The first kappa shape index (κ1) is 15.2. The van der Waals surface area contributed by atoms with E-state index in [1.165, 1.54) is 84.7 Å². The summed E-state index contributed by atoms with van der Waals surface area (Å²) in [6, 6.07) is 14.4. The van der Waals surface area contributed by atoms with Crippen molar-refractivity contribution in [3.05, 3.63) is 70.8 Å². The Morgan fingerprint density at radius 1 is 0.560 bits per heavy atom. The van der Waals surface area contributed by atoms with Gasteiger partial charge < -0.3 is 0 Å². The van der Waals surface area contributed by atoms with Gasteiger partial charge in [-0.15, -0.1) is 0 Å². The standard InChI is InChI=1S/C25H26/c1-3-7-18(8-4-1)20-11-13-24-22(15-20)17-23-16-21(12-14-25(23)24)19-9-5-2-6-10-19/h7,9,11-16H,1-6,8,10,17H2. The minimum absolute atomic E-state index is 1.10. The maximum Gasteiger partial charge on any atom is -0.00130 e. The van der Waals surface area contributed by atoms with Gasteiger partial charge in [-0.05, 0) is 102 Å². The van der Waals surface area contributed by atoms with Gasteiger partial charge in [0.2, 0.25) is 0 Å². The summed E-state index contributed by atoms with van der Waals surface area (Å²) in [4.78, 5) is 0. The van der Waals surface area contributed by atoms with Crippen molar-refractivity contribution in [2.24, 2.45) is 0 Å². The van der Waals surface area contributed by atoms with E-state index >= 15 is 0 Å². The van der Waals surface area contributed by atoms with Gasteiger partial charge in [-0.2, -0.15) is 0 Å².